The summed E-state index contributed by atoms with van der Waals surface area (Å²) >= 11 is 0. The van der Waals surface area contributed by atoms with Crippen LogP contribution in [0.3, 0.4) is 0 Å². The topological polar surface area (TPSA) is 12.0 Å². The standard InChI is InChI=1S/C11H20.C9H19N.C3H6/c1-3-4-11-7-5-10(2,9-11)6-8-11;1-5-7-8(3)9(6-2)10-4;1-3-2/h3-9H2,1-2H3;10H,5-7H2,1-4H3;3H,1H2,2H3/b;9-8+;. The minimum Gasteiger partial charge on any atom is -0.391 e. The molecule has 2 bridgehead atoms. The van der Waals surface area contributed by atoms with E-state index in [4.69, 9.17) is 0 Å². The molecule has 2 aliphatic carbocycles. The first-order valence-corrected chi connectivity index (χ1v) is 10.3. The Morgan fingerprint density at radius 2 is 1.62 bits per heavy atom. The van der Waals surface area contributed by atoms with Crippen molar-refractivity contribution in [3.8, 4) is 0 Å². The molecule has 0 saturated heterocycles. The van der Waals surface area contributed by atoms with Gasteiger partial charge in [0.1, 0.15) is 0 Å². The van der Waals surface area contributed by atoms with E-state index in [1.54, 1.807) is 12.5 Å². The van der Waals surface area contributed by atoms with Crippen molar-refractivity contribution >= 4 is 0 Å². The third kappa shape index (κ3) is 7.45. The maximum atomic E-state index is 3.36. The van der Waals surface area contributed by atoms with Crippen LogP contribution in [0.5, 0.6) is 0 Å². The van der Waals surface area contributed by atoms with Gasteiger partial charge in [-0.3, -0.25) is 0 Å². The van der Waals surface area contributed by atoms with E-state index in [9.17, 15) is 0 Å². The van der Waals surface area contributed by atoms with E-state index < -0.39 is 0 Å². The van der Waals surface area contributed by atoms with Crippen molar-refractivity contribution in [2.45, 2.75) is 106 Å². The van der Waals surface area contributed by atoms with Gasteiger partial charge in [0, 0.05) is 12.7 Å². The number of allylic oxidation sites excluding steroid dienone is 3. The van der Waals surface area contributed by atoms with Gasteiger partial charge in [-0.05, 0) is 76.0 Å². The molecule has 0 radical (unpaired) electrons. The molecule has 2 saturated carbocycles. The molecule has 1 N–H and O–H groups in total. The average molecular weight is 336 g/mol. The Kier molecular flexibility index (Phi) is 11.4. The van der Waals surface area contributed by atoms with Gasteiger partial charge in [0.25, 0.3) is 0 Å². The van der Waals surface area contributed by atoms with Crippen molar-refractivity contribution in [1.82, 2.24) is 5.32 Å². The summed E-state index contributed by atoms with van der Waals surface area (Å²) in [6.07, 6.45) is 15.9. The second-order valence-electron chi connectivity index (χ2n) is 8.26. The molecule has 2 rings (SSSR count). The van der Waals surface area contributed by atoms with Gasteiger partial charge in [-0.25, -0.2) is 0 Å². The molecule has 24 heavy (non-hydrogen) atoms. The predicted octanol–water partition coefficient (Wildman–Crippen LogP) is 7.64. The smallest absolute Gasteiger partial charge is 0.00903 e. The van der Waals surface area contributed by atoms with Crippen molar-refractivity contribution in [1.29, 1.82) is 0 Å². The molecule has 0 heterocycles. The molecule has 0 aromatic carbocycles. The second kappa shape index (κ2) is 11.8. The first kappa shape index (κ1) is 23.3. The highest BCUT2D eigenvalue weighted by atomic mass is 14.8. The number of rotatable bonds is 6. The van der Waals surface area contributed by atoms with E-state index in [1.165, 1.54) is 62.6 Å². The lowest BCUT2D eigenvalue weighted by Crippen LogP contribution is -2.12. The number of nitrogens with one attached hydrogen (secondary N) is 1. The van der Waals surface area contributed by atoms with Gasteiger partial charge >= 0.3 is 0 Å². The quantitative estimate of drug-likeness (QED) is 0.492. The van der Waals surface area contributed by atoms with Crippen LogP contribution in [0.25, 0.3) is 0 Å². The SMILES string of the molecule is C=CC.CCC/C(C)=C(\CC)NC.CCCC12CCC(C)(CC1)C2. The molecule has 0 atom stereocenters. The summed E-state index contributed by atoms with van der Waals surface area (Å²) in [5, 5.41) is 3.22. The Bertz CT molecular complexity index is 358. The lowest BCUT2D eigenvalue weighted by Gasteiger charge is -2.25. The lowest BCUT2D eigenvalue weighted by atomic mass is 9.80. The Hall–Kier alpha value is -0.720. The number of hydrogen-bond donors (Lipinski definition) is 1. The van der Waals surface area contributed by atoms with E-state index in [2.05, 4.69) is 46.5 Å². The molecule has 0 aromatic rings. The van der Waals surface area contributed by atoms with Crippen LogP contribution in [-0.2, 0) is 0 Å². The third-order valence-electron chi connectivity index (χ3n) is 5.90. The fourth-order valence-corrected chi connectivity index (χ4v) is 4.73. The largest absolute Gasteiger partial charge is 0.391 e. The van der Waals surface area contributed by atoms with Crippen LogP contribution in [-0.4, -0.2) is 7.05 Å². The Labute approximate surface area is 153 Å². The highest BCUT2D eigenvalue weighted by Gasteiger charge is 2.50. The molecule has 1 heteroatoms. The van der Waals surface area contributed by atoms with Gasteiger partial charge in [0.05, 0.1) is 0 Å². The van der Waals surface area contributed by atoms with E-state index in [0.29, 0.717) is 0 Å². The molecular weight excluding hydrogens is 290 g/mol. The number of hydrogen-bond acceptors (Lipinski definition) is 1. The van der Waals surface area contributed by atoms with Gasteiger partial charge in [-0.15, -0.1) is 6.58 Å². The first-order valence-electron chi connectivity index (χ1n) is 10.3. The van der Waals surface area contributed by atoms with Crippen molar-refractivity contribution in [2.75, 3.05) is 7.05 Å². The molecule has 0 unspecified atom stereocenters. The highest BCUT2D eigenvalue weighted by Crippen LogP contribution is 2.62. The van der Waals surface area contributed by atoms with Gasteiger partial charge in [0.2, 0.25) is 0 Å². The molecule has 0 aliphatic heterocycles. The summed E-state index contributed by atoms with van der Waals surface area (Å²) in [6.45, 7) is 16.7. The van der Waals surface area contributed by atoms with Crippen LogP contribution in [0.4, 0.5) is 0 Å². The molecular formula is C23H45N. The van der Waals surface area contributed by atoms with E-state index >= 15 is 0 Å². The van der Waals surface area contributed by atoms with E-state index in [1.807, 2.05) is 14.0 Å². The van der Waals surface area contributed by atoms with Crippen LogP contribution in [0.15, 0.2) is 23.9 Å². The van der Waals surface area contributed by atoms with Crippen LogP contribution in [0, 0.1) is 10.8 Å². The van der Waals surface area contributed by atoms with Crippen LogP contribution < -0.4 is 5.32 Å². The van der Waals surface area contributed by atoms with Crippen molar-refractivity contribution in [3.05, 3.63) is 23.9 Å². The van der Waals surface area contributed by atoms with Gasteiger partial charge in [-0.2, -0.15) is 0 Å². The van der Waals surface area contributed by atoms with Crippen LogP contribution in [0.1, 0.15) is 106 Å². The van der Waals surface area contributed by atoms with Gasteiger partial charge in [0.15, 0.2) is 0 Å². The fourth-order valence-electron chi connectivity index (χ4n) is 4.73. The van der Waals surface area contributed by atoms with Crippen LogP contribution in [0.2, 0.25) is 0 Å². The monoisotopic (exact) mass is 335 g/mol. The molecule has 0 spiro atoms. The van der Waals surface area contributed by atoms with E-state index in [-0.39, 0.29) is 0 Å². The molecule has 142 valence electrons. The lowest BCUT2D eigenvalue weighted by molar-refractivity contribution is 0.263. The highest BCUT2D eigenvalue weighted by molar-refractivity contribution is 5.08. The minimum atomic E-state index is 0.773. The minimum absolute atomic E-state index is 0.773. The Balaban J connectivity index is 0.000000382. The fraction of sp³-hybridized carbons (Fsp3) is 0.826. The van der Waals surface area contributed by atoms with Crippen LogP contribution >= 0.6 is 0 Å². The van der Waals surface area contributed by atoms with Crippen molar-refractivity contribution < 1.29 is 0 Å². The molecule has 0 amide bonds. The Morgan fingerprint density at radius 3 is 1.92 bits per heavy atom. The maximum Gasteiger partial charge on any atom is 0.00903 e. The second-order valence-corrected chi connectivity index (χ2v) is 8.26. The zero-order chi connectivity index (χ0) is 18.6. The predicted molar refractivity (Wildman–Crippen MR) is 111 cm³/mol. The molecule has 2 fully saturated rings. The summed E-state index contributed by atoms with van der Waals surface area (Å²) in [5.41, 5.74) is 4.51. The third-order valence-corrected chi connectivity index (χ3v) is 5.90. The zero-order valence-corrected chi connectivity index (χ0v) is 17.9. The van der Waals surface area contributed by atoms with Gasteiger partial charge in [-0.1, -0.05) is 52.2 Å². The summed E-state index contributed by atoms with van der Waals surface area (Å²) < 4.78 is 0. The van der Waals surface area contributed by atoms with Gasteiger partial charge < -0.3 is 5.32 Å². The summed E-state index contributed by atoms with van der Waals surface area (Å²) in [5.74, 6) is 0. The molecule has 1 nitrogen and oxygen atoms in total. The first-order chi connectivity index (χ1) is 11.4. The zero-order valence-electron chi connectivity index (χ0n) is 17.9. The summed E-state index contributed by atoms with van der Waals surface area (Å²) in [4.78, 5) is 0. The van der Waals surface area contributed by atoms with E-state index in [0.717, 1.165) is 17.3 Å². The van der Waals surface area contributed by atoms with Crippen molar-refractivity contribution in [3.63, 3.8) is 0 Å². The normalized spacial score (nSPS) is 28.1. The average Bonchev–Trinajstić information content (AvgIpc) is 3.04. The molecule has 0 aromatic heterocycles. The maximum absolute atomic E-state index is 3.36. The number of fused-ring (bicyclic) bond motifs is 2. The Morgan fingerprint density at radius 1 is 1.08 bits per heavy atom. The molecule has 2 aliphatic rings. The summed E-state index contributed by atoms with van der Waals surface area (Å²) in [7, 11) is 2.00. The summed E-state index contributed by atoms with van der Waals surface area (Å²) in [6, 6.07) is 0. The van der Waals surface area contributed by atoms with Crippen molar-refractivity contribution in [2.24, 2.45) is 10.8 Å².